The van der Waals surface area contributed by atoms with Crippen LogP contribution in [0.3, 0.4) is 0 Å². The summed E-state index contributed by atoms with van der Waals surface area (Å²) in [6.07, 6.45) is 1.89. The predicted molar refractivity (Wildman–Crippen MR) is 55.9 cm³/mol. The zero-order chi connectivity index (χ0) is 8.43. The fraction of sp³-hybridized carbons (Fsp3) is 0.143. The average Bonchev–Trinajstić information content (AvgIpc) is 1.99. The molecule has 0 spiro atoms. The van der Waals surface area contributed by atoms with Crippen molar-refractivity contribution in [2.75, 3.05) is 6.26 Å². The maximum Gasteiger partial charge on any atom is 0.139 e. The van der Waals surface area contributed by atoms with Gasteiger partial charge in [0.05, 0.1) is 8.59 Å². The van der Waals surface area contributed by atoms with E-state index in [9.17, 15) is 4.39 Å². The van der Waals surface area contributed by atoms with Crippen LogP contribution in [-0.2, 0) is 0 Å². The fourth-order valence-electron chi connectivity index (χ4n) is 0.650. The molecule has 1 aromatic carbocycles. The molecule has 0 atom stereocenters. The third-order valence-electron chi connectivity index (χ3n) is 1.19. The first-order valence-corrected chi connectivity index (χ1v) is 5.52. The molecular formula is C7H5ClFIS. The van der Waals surface area contributed by atoms with Gasteiger partial charge in [-0.15, -0.1) is 11.8 Å². The topological polar surface area (TPSA) is 0 Å². The number of rotatable bonds is 1. The van der Waals surface area contributed by atoms with Crippen LogP contribution in [0, 0.1) is 9.39 Å². The summed E-state index contributed by atoms with van der Waals surface area (Å²) < 4.78 is 13.4. The molecule has 0 heterocycles. The minimum atomic E-state index is -0.248. The van der Waals surface area contributed by atoms with E-state index < -0.39 is 0 Å². The molecule has 4 heteroatoms. The molecule has 0 bridgehead atoms. The maximum absolute atomic E-state index is 12.9. The summed E-state index contributed by atoms with van der Waals surface area (Å²) in [5.74, 6) is -0.248. The second kappa shape index (κ2) is 3.96. The highest BCUT2D eigenvalue weighted by atomic mass is 127. The molecule has 0 amide bonds. The Morgan fingerprint density at radius 3 is 2.64 bits per heavy atom. The molecule has 0 aromatic heterocycles. The SMILES string of the molecule is CSc1cc(F)c(I)c(Cl)c1. The molecule has 1 aromatic rings. The Morgan fingerprint density at radius 1 is 1.55 bits per heavy atom. The van der Waals surface area contributed by atoms with Crippen molar-refractivity contribution in [2.45, 2.75) is 4.90 Å². The lowest BCUT2D eigenvalue weighted by molar-refractivity contribution is 0.617. The molecule has 1 rings (SSSR count). The molecule has 0 fully saturated rings. The molecule has 0 unspecified atom stereocenters. The van der Waals surface area contributed by atoms with Gasteiger partial charge < -0.3 is 0 Å². The van der Waals surface area contributed by atoms with Crippen LogP contribution in [0.2, 0.25) is 5.02 Å². The van der Waals surface area contributed by atoms with Crippen molar-refractivity contribution in [3.63, 3.8) is 0 Å². The Balaban J connectivity index is 3.21. The zero-order valence-corrected chi connectivity index (χ0v) is 9.43. The Kier molecular flexibility index (Phi) is 3.46. The van der Waals surface area contributed by atoms with E-state index >= 15 is 0 Å². The predicted octanol–water partition coefficient (Wildman–Crippen LogP) is 3.81. The van der Waals surface area contributed by atoms with E-state index in [2.05, 4.69) is 0 Å². The highest BCUT2D eigenvalue weighted by Gasteiger charge is 2.05. The fourth-order valence-corrected chi connectivity index (χ4v) is 1.69. The summed E-state index contributed by atoms with van der Waals surface area (Å²) in [4.78, 5) is 0.855. The van der Waals surface area contributed by atoms with Gasteiger partial charge in [0.2, 0.25) is 0 Å². The van der Waals surface area contributed by atoms with Crippen LogP contribution in [0.15, 0.2) is 17.0 Å². The largest absolute Gasteiger partial charge is 0.206 e. The van der Waals surface area contributed by atoms with E-state index in [4.69, 9.17) is 11.6 Å². The van der Waals surface area contributed by atoms with Crippen LogP contribution in [-0.4, -0.2) is 6.26 Å². The van der Waals surface area contributed by atoms with E-state index in [-0.39, 0.29) is 5.82 Å². The van der Waals surface area contributed by atoms with Crippen molar-refractivity contribution < 1.29 is 4.39 Å². The highest BCUT2D eigenvalue weighted by Crippen LogP contribution is 2.27. The van der Waals surface area contributed by atoms with Crippen molar-refractivity contribution >= 4 is 46.0 Å². The molecule has 0 aliphatic carbocycles. The second-order valence-electron chi connectivity index (χ2n) is 1.91. The zero-order valence-electron chi connectivity index (χ0n) is 5.70. The molecule has 0 aliphatic rings. The maximum atomic E-state index is 12.9. The monoisotopic (exact) mass is 302 g/mol. The van der Waals surface area contributed by atoms with Crippen LogP contribution in [0.1, 0.15) is 0 Å². The number of benzene rings is 1. The Morgan fingerprint density at radius 2 is 2.18 bits per heavy atom. The number of halogens is 3. The van der Waals surface area contributed by atoms with Gasteiger partial charge in [0.15, 0.2) is 0 Å². The minimum absolute atomic E-state index is 0.248. The second-order valence-corrected chi connectivity index (χ2v) is 4.27. The van der Waals surface area contributed by atoms with Crippen LogP contribution in [0.25, 0.3) is 0 Å². The van der Waals surface area contributed by atoms with Crippen molar-refractivity contribution in [3.05, 3.63) is 26.5 Å². The van der Waals surface area contributed by atoms with E-state index in [0.29, 0.717) is 8.59 Å². The van der Waals surface area contributed by atoms with Gasteiger partial charge >= 0.3 is 0 Å². The molecule has 0 saturated heterocycles. The van der Waals surface area contributed by atoms with E-state index in [1.807, 2.05) is 28.8 Å². The van der Waals surface area contributed by atoms with Gasteiger partial charge in [-0.2, -0.15) is 0 Å². The summed E-state index contributed by atoms with van der Waals surface area (Å²) in [6.45, 7) is 0. The summed E-state index contributed by atoms with van der Waals surface area (Å²) in [7, 11) is 0. The molecule has 0 aliphatic heterocycles. The van der Waals surface area contributed by atoms with Gasteiger partial charge in [-0.25, -0.2) is 4.39 Å². The summed E-state index contributed by atoms with van der Waals surface area (Å²) in [5, 5.41) is 0.481. The van der Waals surface area contributed by atoms with E-state index in [0.717, 1.165) is 4.90 Å². The molecular weight excluding hydrogens is 297 g/mol. The smallest absolute Gasteiger partial charge is 0.139 e. The van der Waals surface area contributed by atoms with Crippen LogP contribution in [0.5, 0.6) is 0 Å². The summed E-state index contributed by atoms with van der Waals surface area (Å²) >= 11 is 9.10. The van der Waals surface area contributed by atoms with Gasteiger partial charge in [0.25, 0.3) is 0 Å². The lowest BCUT2D eigenvalue weighted by atomic mass is 10.3. The summed E-state index contributed by atoms with van der Waals surface area (Å²) in [6, 6.07) is 3.25. The van der Waals surface area contributed by atoms with Crippen molar-refractivity contribution in [1.29, 1.82) is 0 Å². The van der Waals surface area contributed by atoms with Gasteiger partial charge in [-0.1, -0.05) is 11.6 Å². The van der Waals surface area contributed by atoms with Crippen molar-refractivity contribution in [2.24, 2.45) is 0 Å². The van der Waals surface area contributed by atoms with Gasteiger partial charge in [-0.3, -0.25) is 0 Å². The lowest BCUT2D eigenvalue weighted by Gasteiger charge is -2.00. The van der Waals surface area contributed by atoms with Crippen molar-refractivity contribution in [3.8, 4) is 0 Å². The van der Waals surface area contributed by atoms with Gasteiger partial charge in [-0.05, 0) is 41.0 Å². The highest BCUT2D eigenvalue weighted by molar-refractivity contribution is 14.1. The molecule has 0 nitrogen and oxygen atoms in total. The standard InChI is InChI=1S/C7H5ClFIS/c1-11-4-2-5(8)7(10)6(9)3-4/h2-3H,1H3. The first-order valence-electron chi connectivity index (χ1n) is 2.83. The minimum Gasteiger partial charge on any atom is -0.206 e. The van der Waals surface area contributed by atoms with Gasteiger partial charge in [0.1, 0.15) is 5.82 Å². The average molecular weight is 303 g/mol. The third-order valence-corrected chi connectivity index (χ3v) is 3.61. The molecule has 11 heavy (non-hydrogen) atoms. The van der Waals surface area contributed by atoms with Crippen LogP contribution in [0.4, 0.5) is 4.39 Å². The first-order chi connectivity index (χ1) is 5.15. The number of thioether (sulfide) groups is 1. The Bertz CT molecular complexity index is 254. The molecule has 0 saturated carbocycles. The quantitative estimate of drug-likeness (QED) is 0.432. The normalized spacial score (nSPS) is 10.2. The Labute approximate surface area is 87.7 Å². The Hall–Kier alpha value is 0.520. The number of hydrogen-bond acceptors (Lipinski definition) is 1. The molecule has 0 radical (unpaired) electrons. The molecule has 60 valence electrons. The summed E-state index contributed by atoms with van der Waals surface area (Å²) in [5.41, 5.74) is 0. The van der Waals surface area contributed by atoms with Crippen LogP contribution < -0.4 is 0 Å². The number of hydrogen-bond donors (Lipinski definition) is 0. The van der Waals surface area contributed by atoms with E-state index in [1.54, 1.807) is 6.07 Å². The lowest BCUT2D eigenvalue weighted by Crippen LogP contribution is -1.83. The van der Waals surface area contributed by atoms with E-state index in [1.165, 1.54) is 17.8 Å². The third kappa shape index (κ3) is 2.23. The molecule has 0 N–H and O–H groups in total. The van der Waals surface area contributed by atoms with Crippen LogP contribution >= 0.6 is 46.0 Å². The van der Waals surface area contributed by atoms with Crippen molar-refractivity contribution in [1.82, 2.24) is 0 Å². The van der Waals surface area contributed by atoms with Gasteiger partial charge in [0, 0.05) is 4.90 Å². The first kappa shape index (κ1) is 9.61.